The summed E-state index contributed by atoms with van der Waals surface area (Å²) >= 11 is 16.2. The van der Waals surface area contributed by atoms with Gasteiger partial charge in [0, 0.05) is 80.1 Å². The fourth-order valence-electron chi connectivity index (χ4n) is 19.2. The van der Waals surface area contributed by atoms with Crippen LogP contribution in [-0.2, 0) is 38.5 Å². The molecule has 0 saturated carbocycles. The highest BCUT2D eigenvalue weighted by Crippen LogP contribution is 2.54. The topological polar surface area (TPSA) is 51.6 Å². The van der Waals surface area contributed by atoms with Gasteiger partial charge in [0.25, 0.3) is 0 Å². The molecule has 0 saturated heterocycles. The van der Waals surface area contributed by atoms with Crippen molar-refractivity contribution in [3.8, 4) is 48.8 Å². The first-order chi connectivity index (χ1) is 57.8. The molecule has 0 radical (unpaired) electrons. The Morgan fingerprint density at radius 1 is 0.229 bits per heavy atom. The van der Waals surface area contributed by atoms with E-state index in [0.29, 0.717) is 29.6 Å². The molecule has 0 spiro atoms. The highest BCUT2D eigenvalue weighted by atomic mass is 32.1. The standard InChI is InChI=1S/C106H150N4S8/c1-15-27-35-39-41-45-53-77(51-43-37-29-17-3)61-79-59-71(13)111-101(79)91-57-55-89(113-91)94-68-82-99-100(110-88(66-76(26-12)50-34-22-8)87(109-99)65-75(25-11)49-33-21-7)83-69-95(117-106(83)105(82)116-94)90-56-58-92(114-90)102-80(62-78(52-44-38-30-18-4)54-46-42-40-36-28-16-2)67-93(115-102)96-70-84-98-97(81-60-72(14)112-103(81)104(84)118-96)107-85(63-73(23-9)47-31-19-5)86(108-98)64-74(24-10)48-32-20-6/h55-60,67-70,73-78H,15-54,61-66H2,1-14H3. The maximum atomic E-state index is 6.10. The van der Waals surface area contributed by atoms with Gasteiger partial charge in [-0.3, -0.25) is 0 Å². The molecule has 0 aliphatic rings. The maximum absolute atomic E-state index is 6.10. The van der Waals surface area contributed by atoms with Crippen molar-refractivity contribution in [2.45, 2.75) is 392 Å². The molecule has 2 aromatic carbocycles. The quantitative estimate of drug-likeness (QED) is 0.0357. The van der Waals surface area contributed by atoms with Crippen LogP contribution in [0.3, 0.4) is 0 Å². The molecule has 12 aromatic rings. The third-order valence-corrected chi connectivity index (χ3v) is 36.9. The van der Waals surface area contributed by atoms with Crippen molar-refractivity contribution >= 4 is 153 Å². The Kier molecular flexibility index (Phi) is 37.6. The van der Waals surface area contributed by atoms with Crippen LogP contribution in [-0.4, -0.2) is 19.9 Å². The summed E-state index contributed by atoms with van der Waals surface area (Å²) < 4.78 is 5.55. The summed E-state index contributed by atoms with van der Waals surface area (Å²) in [6.45, 7) is 33.2. The Morgan fingerprint density at radius 3 is 0.856 bits per heavy atom. The first-order valence-electron chi connectivity index (χ1n) is 48.5. The molecule has 4 nitrogen and oxygen atoms in total. The van der Waals surface area contributed by atoms with E-state index >= 15 is 0 Å². The van der Waals surface area contributed by atoms with E-state index in [1.54, 1.807) is 11.1 Å². The lowest BCUT2D eigenvalue weighted by Gasteiger charge is -2.20. The fourth-order valence-corrected chi connectivity index (χ4v) is 28.8. The highest BCUT2D eigenvalue weighted by Gasteiger charge is 2.29. The summed E-state index contributed by atoms with van der Waals surface area (Å²) in [6.07, 6.45) is 58.5. The molecule has 12 rings (SSSR count). The zero-order valence-electron chi connectivity index (χ0n) is 75.8. The van der Waals surface area contributed by atoms with Crippen LogP contribution >= 0.6 is 90.7 Å². The second kappa shape index (κ2) is 47.7. The molecule has 0 bridgehead atoms. The molecule has 6 atom stereocenters. The number of aromatic nitrogens is 4. The number of fused-ring (bicyclic) bond motifs is 12. The minimum absolute atomic E-state index is 0.594. The predicted octanol–water partition coefficient (Wildman–Crippen LogP) is 38.4. The second-order valence-corrected chi connectivity index (χ2v) is 45.1. The van der Waals surface area contributed by atoms with Gasteiger partial charge in [0.05, 0.1) is 63.6 Å². The van der Waals surface area contributed by atoms with Crippen LogP contribution in [0.1, 0.15) is 384 Å². The van der Waals surface area contributed by atoms with Crippen molar-refractivity contribution in [3.63, 3.8) is 0 Å². The molecular formula is C106H150N4S8. The van der Waals surface area contributed by atoms with Crippen LogP contribution in [0.4, 0.5) is 0 Å². The summed E-state index contributed by atoms with van der Waals surface area (Å²) in [6, 6.07) is 25.4. The number of hydrogen-bond acceptors (Lipinski definition) is 12. The number of aryl methyl sites for hydroxylation is 2. The number of rotatable bonds is 57. The van der Waals surface area contributed by atoms with Crippen molar-refractivity contribution in [1.29, 1.82) is 0 Å². The Labute approximate surface area is 747 Å². The lowest BCUT2D eigenvalue weighted by Crippen LogP contribution is -2.13. The fraction of sp³-hybridized carbons (Fsp3) is 0.623. The zero-order valence-corrected chi connectivity index (χ0v) is 82.4. The van der Waals surface area contributed by atoms with Gasteiger partial charge in [-0.05, 0) is 160 Å². The smallest absolute Gasteiger partial charge is 0.0984 e. The molecule has 0 aliphatic carbocycles. The molecular weight excluding hydrogens is 1590 g/mol. The van der Waals surface area contributed by atoms with E-state index in [4.69, 9.17) is 19.9 Å². The van der Waals surface area contributed by atoms with Crippen molar-refractivity contribution in [1.82, 2.24) is 19.9 Å². The number of hydrogen-bond donors (Lipinski definition) is 0. The van der Waals surface area contributed by atoms with Gasteiger partial charge in [-0.15, -0.1) is 90.7 Å². The zero-order chi connectivity index (χ0) is 82.9. The van der Waals surface area contributed by atoms with E-state index < -0.39 is 0 Å². The van der Waals surface area contributed by atoms with E-state index in [9.17, 15) is 0 Å². The van der Waals surface area contributed by atoms with Crippen LogP contribution < -0.4 is 0 Å². The van der Waals surface area contributed by atoms with Crippen molar-refractivity contribution in [2.75, 3.05) is 0 Å². The minimum atomic E-state index is 0.594. The van der Waals surface area contributed by atoms with E-state index in [1.807, 2.05) is 79.4 Å². The third kappa shape index (κ3) is 24.3. The van der Waals surface area contributed by atoms with Crippen LogP contribution in [0.2, 0.25) is 0 Å². The largest absolute Gasteiger partial charge is 0.249 e. The van der Waals surface area contributed by atoms with Gasteiger partial charge in [-0.2, -0.15) is 0 Å². The third-order valence-electron chi connectivity index (χ3n) is 26.7. The molecule has 118 heavy (non-hydrogen) atoms. The van der Waals surface area contributed by atoms with Crippen molar-refractivity contribution < 1.29 is 0 Å². The van der Waals surface area contributed by atoms with Crippen LogP contribution in [0.5, 0.6) is 0 Å². The predicted molar refractivity (Wildman–Crippen MR) is 538 cm³/mol. The van der Waals surface area contributed by atoms with Gasteiger partial charge in [-0.1, -0.05) is 340 Å². The molecule has 0 amide bonds. The first-order valence-corrected chi connectivity index (χ1v) is 55.1. The monoisotopic (exact) mass is 1730 g/mol. The summed E-state index contributed by atoms with van der Waals surface area (Å²) in [4.78, 5) is 41.0. The second-order valence-electron chi connectivity index (χ2n) is 36.2. The molecule has 12 heteroatoms. The van der Waals surface area contributed by atoms with Gasteiger partial charge < -0.3 is 0 Å². The maximum Gasteiger partial charge on any atom is 0.0984 e. The number of benzene rings is 2. The number of thiophene rings is 8. The summed E-state index contributed by atoms with van der Waals surface area (Å²) in [7, 11) is 0. The van der Waals surface area contributed by atoms with Crippen molar-refractivity contribution in [2.24, 2.45) is 35.5 Å². The van der Waals surface area contributed by atoms with Crippen molar-refractivity contribution in [3.05, 3.63) is 104 Å². The molecule has 0 N–H and O–H groups in total. The SMILES string of the molecule is CCCCCCCCC(CCCCCC)Cc1cc(C)sc1-c1ccc(-c2cc3c4nc(CC(CC)CCCC)c(CC(CC)CCCC)nc4c4cc(-c5ccc(-c6sc(-c7cc8c9nc(CC(CC)CCCC)c(CC(CC)CCCC)nc9c9cc(C)sc9c8s7)cc6CC(CCCCCC)CCCCCCCC)s5)sc4c3s2)s1. The summed E-state index contributed by atoms with van der Waals surface area (Å²) in [5.74, 6) is 3.85. The number of unbranched alkanes of at least 4 members (excludes halogenated alkanes) is 20. The summed E-state index contributed by atoms with van der Waals surface area (Å²) in [5, 5.41) is 5.20. The normalized spacial score (nSPS) is 13.8. The lowest BCUT2D eigenvalue weighted by atomic mass is 9.88. The average molecular weight is 1740 g/mol. The van der Waals surface area contributed by atoms with Crippen LogP contribution in [0.25, 0.3) is 111 Å². The Bertz CT molecular complexity index is 5010. The Balaban J connectivity index is 0.984. The van der Waals surface area contributed by atoms with Gasteiger partial charge in [0.15, 0.2) is 0 Å². The summed E-state index contributed by atoms with van der Waals surface area (Å²) in [5.41, 5.74) is 12.7. The average Bonchev–Trinajstić information content (AvgIpc) is 1.56. The van der Waals surface area contributed by atoms with Gasteiger partial charge in [0.2, 0.25) is 0 Å². The molecule has 10 heterocycles. The molecule has 6 unspecified atom stereocenters. The van der Waals surface area contributed by atoms with E-state index in [2.05, 4.69) is 169 Å². The van der Waals surface area contributed by atoms with Crippen LogP contribution in [0, 0.1) is 49.4 Å². The van der Waals surface area contributed by atoms with Gasteiger partial charge in [-0.25, -0.2) is 19.9 Å². The molecule has 0 aliphatic heterocycles. The van der Waals surface area contributed by atoms with E-state index in [-0.39, 0.29) is 0 Å². The van der Waals surface area contributed by atoms with Gasteiger partial charge in [0.1, 0.15) is 0 Å². The Morgan fingerprint density at radius 2 is 0.500 bits per heavy atom. The molecule has 10 aromatic heterocycles. The minimum Gasteiger partial charge on any atom is -0.249 e. The molecule has 642 valence electrons. The first kappa shape index (κ1) is 92.9. The van der Waals surface area contributed by atoms with E-state index in [0.717, 1.165) is 60.1 Å². The lowest BCUT2D eigenvalue weighted by molar-refractivity contribution is 0.403. The molecule has 0 fully saturated rings. The van der Waals surface area contributed by atoms with Crippen LogP contribution in [0.15, 0.2) is 60.7 Å². The van der Waals surface area contributed by atoms with E-state index in [1.165, 1.54) is 385 Å². The highest BCUT2D eigenvalue weighted by molar-refractivity contribution is 7.34. The number of nitrogens with zero attached hydrogens (tertiary/aromatic N) is 4. The Hall–Kier alpha value is -4.24. The van der Waals surface area contributed by atoms with Gasteiger partial charge >= 0.3 is 0 Å².